The quantitative estimate of drug-likeness (QED) is 0.812. The summed E-state index contributed by atoms with van der Waals surface area (Å²) in [5.74, 6) is 0.545. The molecule has 2 aliphatic heterocycles. The highest BCUT2D eigenvalue weighted by molar-refractivity contribution is 6.30. The molecule has 1 saturated carbocycles. The van der Waals surface area contributed by atoms with Gasteiger partial charge in [0, 0.05) is 49.7 Å². The molecule has 0 bridgehead atoms. The summed E-state index contributed by atoms with van der Waals surface area (Å²) in [6.07, 6.45) is 4.47. The van der Waals surface area contributed by atoms with Crippen molar-refractivity contribution in [2.45, 2.75) is 37.5 Å². The van der Waals surface area contributed by atoms with Gasteiger partial charge in [-0.3, -0.25) is 9.59 Å². The first-order chi connectivity index (χ1) is 13.1. The van der Waals surface area contributed by atoms with Gasteiger partial charge in [-0.25, -0.2) is 0 Å². The number of hydrogen-bond acceptors (Lipinski definition) is 3. The molecule has 6 heteroatoms. The Morgan fingerprint density at radius 1 is 1.30 bits per heavy atom. The van der Waals surface area contributed by atoms with Crippen molar-refractivity contribution >= 4 is 23.4 Å². The van der Waals surface area contributed by atoms with Crippen LogP contribution < -0.4 is 5.32 Å². The third kappa shape index (κ3) is 4.30. The van der Waals surface area contributed by atoms with Crippen LogP contribution in [0.3, 0.4) is 0 Å². The van der Waals surface area contributed by atoms with Crippen LogP contribution in [0.1, 0.15) is 37.7 Å². The lowest BCUT2D eigenvalue weighted by Gasteiger charge is -2.38. The highest BCUT2D eigenvalue weighted by atomic mass is 35.5. The second-order valence-corrected chi connectivity index (χ2v) is 8.70. The van der Waals surface area contributed by atoms with Gasteiger partial charge in [-0.05, 0) is 49.3 Å². The normalized spacial score (nSPS) is 24.9. The Morgan fingerprint density at radius 2 is 2.07 bits per heavy atom. The van der Waals surface area contributed by atoms with Crippen molar-refractivity contribution in [3.63, 3.8) is 0 Å². The summed E-state index contributed by atoms with van der Waals surface area (Å²) in [6.45, 7) is 3.31. The molecule has 2 saturated heterocycles. The predicted octanol–water partition coefficient (Wildman–Crippen LogP) is 2.76. The Morgan fingerprint density at radius 3 is 2.78 bits per heavy atom. The van der Waals surface area contributed by atoms with E-state index in [9.17, 15) is 9.59 Å². The van der Waals surface area contributed by atoms with E-state index in [1.807, 2.05) is 23.1 Å². The maximum Gasteiger partial charge on any atom is 0.225 e. The lowest BCUT2D eigenvalue weighted by Crippen LogP contribution is -2.46. The van der Waals surface area contributed by atoms with Crippen molar-refractivity contribution < 1.29 is 14.3 Å². The minimum Gasteiger partial charge on any atom is -0.381 e. The van der Waals surface area contributed by atoms with Crippen LogP contribution in [0.2, 0.25) is 5.02 Å². The van der Waals surface area contributed by atoms with E-state index in [0.29, 0.717) is 43.7 Å². The number of carbonyl (C=O) groups excluding carboxylic acids is 2. The third-order valence-corrected chi connectivity index (χ3v) is 6.48. The van der Waals surface area contributed by atoms with Crippen LogP contribution in [0.4, 0.5) is 0 Å². The van der Waals surface area contributed by atoms with Crippen molar-refractivity contribution in [3.05, 3.63) is 34.9 Å². The number of nitrogens with one attached hydrogen (secondary N) is 1. The number of rotatable bonds is 6. The van der Waals surface area contributed by atoms with Crippen LogP contribution in [0, 0.1) is 11.8 Å². The first-order valence-electron chi connectivity index (χ1n) is 9.95. The summed E-state index contributed by atoms with van der Waals surface area (Å²) in [5, 5.41) is 3.86. The van der Waals surface area contributed by atoms with Crippen molar-refractivity contribution in [2.24, 2.45) is 11.8 Å². The summed E-state index contributed by atoms with van der Waals surface area (Å²) in [6, 6.07) is 7.91. The summed E-state index contributed by atoms with van der Waals surface area (Å²) >= 11 is 6.21. The number of amides is 2. The summed E-state index contributed by atoms with van der Waals surface area (Å²) in [4.78, 5) is 26.8. The Bertz CT molecular complexity index is 713. The monoisotopic (exact) mass is 390 g/mol. The van der Waals surface area contributed by atoms with Crippen LogP contribution in [0.15, 0.2) is 24.3 Å². The smallest absolute Gasteiger partial charge is 0.225 e. The number of nitrogens with zero attached hydrogens (tertiary/aromatic N) is 1. The van der Waals surface area contributed by atoms with Crippen molar-refractivity contribution in [1.82, 2.24) is 10.2 Å². The first-order valence-corrected chi connectivity index (χ1v) is 10.3. The van der Waals surface area contributed by atoms with Crippen molar-refractivity contribution in [1.29, 1.82) is 0 Å². The van der Waals surface area contributed by atoms with E-state index in [-0.39, 0.29) is 23.1 Å². The second kappa shape index (κ2) is 7.80. The summed E-state index contributed by atoms with van der Waals surface area (Å²) in [5.41, 5.74) is 0.992. The van der Waals surface area contributed by atoms with Gasteiger partial charge in [0.05, 0.1) is 5.92 Å². The molecule has 1 unspecified atom stereocenters. The van der Waals surface area contributed by atoms with Crippen LogP contribution in [-0.2, 0) is 19.7 Å². The van der Waals surface area contributed by atoms with Gasteiger partial charge in [0.15, 0.2) is 0 Å². The zero-order valence-corrected chi connectivity index (χ0v) is 16.3. The van der Waals surface area contributed by atoms with Gasteiger partial charge in [0.1, 0.15) is 0 Å². The fourth-order valence-electron chi connectivity index (χ4n) is 4.28. The van der Waals surface area contributed by atoms with Crippen LogP contribution in [0.5, 0.6) is 0 Å². The van der Waals surface area contributed by atoms with Gasteiger partial charge in [0.2, 0.25) is 11.8 Å². The van der Waals surface area contributed by atoms with E-state index in [0.717, 1.165) is 24.9 Å². The molecule has 0 radical (unpaired) electrons. The van der Waals surface area contributed by atoms with E-state index < -0.39 is 0 Å². The lowest BCUT2D eigenvalue weighted by molar-refractivity contribution is -0.129. The molecule has 4 rings (SSSR count). The molecule has 1 atom stereocenters. The molecule has 1 aliphatic carbocycles. The van der Waals surface area contributed by atoms with Gasteiger partial charge in [-0.15, -0.1) is 0 Å². The van der Waals surface area contributed by atoms with Crippen LogP contribution in [0.25, 0.3) is 0 Å². The van der Waals surface area contributed by atoms with Gasteiger partial charge in [-0.2, -0.15) is 0 Å². The van der Waals surface area contributed by atoms with E-state index >= 15 is 0 Å². The minimum atomic E-state index is -0.229. The molecular formula is C21H27ClN2O3. The Hall–Kier alpha value is -1.59. The molecule has 2 amide bonds. The number of carbonyl (C=O) groups is 2. The van der Waals surface area contributed by atoms with Crippen LogP contribution in [-0.4, -0.2) is 49.6 Å². The number of hydrogen-bond donors (Lipinski definition) is 1. The lowest BCUT2D eigenvalue weighted by atomic mass is 9.74. The SMILES string of the molecule is O=C(NCC1(c2cccc(Cl)c2)CCOCC1)C1CC(=O)N(CC2CC2)C1. The van der Waals surface area contributed by atoms with Crippen molar-refractivity contribution in [3.8, 4) is 0 Å². The molecule has 3 aliphatic rings. The average Bonchev–Trinajstić information content (AvgIpc) is 3.42. The Labute approximate surface area is 165 Å². The zero-order chi connectivity index (χ0) is 18.9. The van der Waals surface area contributed by atoms with Gasteiger partial charge in [-0.1, -0.05) is 23.7 Å². The maximum atomic E-state index is 12.8. The fraction of sp³-hybridized carbons (Fsp3) is 0.619. The number of halogens is 1. The largest absolute Gasteiger partial charge is 0.381 e. The number of ether oxygens (including phenoxy) is 1. The molecular weight excluding hydrogens is 364 g/mol. The maximum absolute atomic E-state index is 12.8. The fourth-order valence-corrected chi connectivity index (χ4v) is 4.48. The molecule has 2 heterocycles. The molecule has 5 nitrogen and oxygen atoms in total. The standard InChI is InChI=1S/C21H27ClN2O3/c22-18-3-1-2-17(11-18)21(6-8-27-9-7-21)14-23-20(26)16-10-19(25)24(13-16)12-15-4-5-15/h1-3,11,15-16H,4-10,12-14H2,(H,23,26). The van der Waals surface area contributed by atoms with Gasteiger partial charge in [0.25, 0.3) is 0 Å². The van der Waals surface area contributed by atoms with Gasteiger partial charge >= 0.3 is 0 Å². The topological polar surface area (TPSA) is 58.6 Å². The molecule has 1 aromatic rings. The molecule has 0 aromatic heterocycles. The highest BCUT2D eigenvalue weighted by Gasteiger charge is 2.39. The molecule has 0 spiro atoms. The minimum absolute atomic E-state index is 0.00505. The highest BCUT2D eigenvalue weighted by Crippen LogP contribution is 2.36. The average molecular weight is 391 g/mol. The zero-order valence-electron chi connectivity index (χ0n) is 15.6. The second-order valence-electron chi connectivity index (χ2n) is 8.26. The van der Waals surface area contributed by atoms with E-state index in [1.165, 1.54) is 12.8 Å². The number of benzene rings is 1. The van der Waals surface area contributed by atoms with Gasteiger partial charge < -0.3 is 15.0 Å². The number of likely N-dealkylation sites (tertiary alicyclic amines) is 1. The van der Waals surface area contributed by atoms with Crippen molar-refractivity contribution in [2.75, 3.05) is 32.8 Å². The summed E-state index contributed by atoms with van der Waals surface area (Å²) in [7, 11) is 0. The molecule has 3 fully saturated rings. The first kappa shape index (κ1) is 18.8. The molecule has 146 valence electrons. The molecule has 27 heavy (non-hydrogen) atoms. The summed E-state index contributed by atoms with van der Waals surface area (Å²) < 4.78 is 5.56. The third-order valence-electron chi connectivity index (χ3n) is 6.25. The predicted molar refractivity (Wildman–Crippen MR) is 104 cm³/mol. The van der Waals surface area contributed by atoms with E-state index in [4.69, 9.17) is 16.3 Å². The molecule has 1 aromatic carbocycles. The Kier molecular flexibility index (Phi) is 5.42. The molecule has 1 N–H and O–H groups in total. The van der Waals surface area contributed by atoms with E-state index in [1.54, 1.807) is 0 Å². The van der Waals surface area contributed by atoms with Crippen LogP contribution >= 0.6 is 11.6 Å². The van der Waals surface area contributed by atoms with E-state index in [2.05, 4.69) is 11.4 Å². The Balaban J connectivity index is 1.40.